The fourth-order valence-electron chi connectivity index (χ4n) is 2.58. The summed E-state index contributed by atoms with van der Waals surface area (Å²) in [5, 5.41) is 0.298. The van der Waals surface area contributed by atoms with E-state index in [1.165, 1.54) is 19.3 Å². The van der Waals surface area contributed by atoms with Crippen LogP contribution in [0.5, 0.6) is 0 Å². The minimum atomic E-state index is -0.761. The predicted octanol–water partition coefficient (Wildman–Crippen LogP) is 1.59. The molecule has 2 N–H and O–H groups in total. The van der Waals surface area contributed by atoms with E-state index in [1.807, 2.05) is 0 Å². The molecule has 0 spiro atoms. The molecule has 0 amide bonds. The van der Waals surface area contributed by atoms with Crippen molar-refractivity contribution in [3.05, 3.63) is 57.5 Å². The van der Waals surface area contributed by atoms with Crippen LogP contribution in [-0.2, 0) is 11.3 Å². The molecule has 1 heterocycles. The molecule has 0 fully saturated rings. The summed E-state index contributed by atoms with van der Waals surface area (Å²) in [5.41, 5.74) is 4.53. The molecule has 136 valence electrons. The van der Waals surface area contributed by atoms with E-state index in [9.17, 15) is 14.0 Å². The van der Waals surface area contributed by atoms with Gasteiger partial charge in [0.05, 0.1) is 17.2 Å². The van der Waals surface area contributed by atoms with Crippen molar-refractivity contribution in [2.45, 2.75) is 33.7 Å². The second kappa shape index (κ2) is 9.61. The number of nitrogens with zero attached hydrogens (tertiary/aromatic N) is 1. The van der Waals surface area contributed by atoms with Crippen molar-refractivity contribution >= 4 is 17.9 Å². The van der Waals surface area contributed by atoms with Gasteiger partial charge >= 0.3 is 5.97 Å². The van der Waals surface area contributed by atoms with Crippen LogP contribution in [0.1, 0.15) is 37.6 Å². The number of hydrogen-bond donors (Lipinski definition) is 1. The molecule has 1 rings (SSSR count). The summed E-state index contributed by atoms with van der Waals surface area (Å²) >= 11 is 0. The fraction of sp³-hybridized carbons (Fsp3) is 0.368. The number of rotatable bonds is 7. The Labute approximate surface area is 146 Å². The van der Waals surface area contributed by atoms with Crippen LogP contribution in [0.2, 0.25) is 0 Å². The molecule has 5 nitrogen and oxygen atoms in total. The zero-order valence-electron chi connectivity index (χ0n) is 14.9. The monoisotopic (exact) mass is 348 g/mol. The van der Waals surface area contributed by atoms with Crippen molar-refractivity contribution in [1.29, 1.82) is 0 Å². The number of esters is 1. The summed E-state index contributed by atoms with van der Waals surface area (Å²) in [6, 6.07) is 0. The number of halogens is 1. The Bertz CT molecular complexity index is 833. The molecule has 0 aliphatic carbocycles. The molecule has 0 aromatic carbocycles. The van der Waals surface area contributed by atoms with Gasteiger partial charge in [0.15, 0.2) is 0 Å². The molecule has 25 heavy (non-hydrogen) atoms. The standard InChI is InChI=1S/C19H25FN2O3/c1-5-14(9-8-10-21)11-22-12-15(19(24)25-7-3)18(23)17(13(4)20)16(22)6-2/h5-6,8,10,12,14H,1,7,9,11,21H2,2-4H3/b10-8+,16-6+,17-13-. The molecule has 0 saturated heterocycles. The van der Waals surface area contributed by atoms with Crippen molar-refractivity contribution in [3.8, 4) is 0 Å². The molecule has 0 saturated carbocycles. The Morgan fingerprint density at radius 1 is 1.52 bits per heavy atom. The van der Waals surface area contributed by atoms with E-state index in [0.29, 0.717) is 18.3 Å². The minimum Gasteiger partial charge on any atom is -0.462 e. The number of carbonyl (C=O) groups is 1. The van der Waals surface area contributed by atoms with Crippen molar-refractivity contribution in [1.82, 2.24) is 4.57 Å². The number of aromatic nitrogens is 1. The Kier molecular flexibility index (Phi) is 7.85. The van der Waals surface area contributed by atoms with Crippen LogP contribution < -0.4 is 21.7 Å². The first-order chi connectivity index (χ1) is 11.9. The summed E-state index contributed by atoms with van der Waals surface area (Å²) in [6.45, 7) is 8.90. The van der Waals surface area contributed by atoms with Gasteiger partial charge in [-0.3, -0.25) is 4.79 Å². The number of ether oxygens (including phenoxy) is 1. The number of nitrogens with two attached hydrogens (primary N) is 1. The third-order valence-electron chi connectivity index (χ3n) is 3.77. The lowest BCUT2D eigenvalue weighted by Crippen LogP contribution is -2.49. The number of pyridine rings is 1. The summed E-state index contributed by atoms with van der Waals surface area (Å²) in [6.07, 6.45) is 8.71. The van der Waals surface area contributed by atoms with E-state index in [2.05, 4.69) is 6.58 Å². The SMILES string of the molecule is C=CC(C/C=C/N)Cn1cc(C(=O)OCC)c(=O)c(=C(/C)F)/c1=C\C. The molecule has 1 unspecified atom stereocenters. The van der Waals surface area contributed by atoms with E-state index >= 15 is 0 Å². The lowest BCUT2D eigenvalue weighted by molar-refractivity contribution is 0.0523. The molecule has 0 bridgehead atoms. The average molecular weight is 348 g/mol. The average Bonchev–Trinajstić information content (AvgIpc) is 2.58. The molecule has 0 aliphatic heterocycles. The molecule has 6 heteroatoms. The van der Waals surface area contributed by atoms with Crippen molar-refractivity contribution < 1.29 is 13.9 Å². The van der Waals surface area contributed by atoms with E-state index < -0.39 is 17.2 Å². The van der Waals surface area contributed by atoms with Gasteiger partial charge in [-0.25, -0.2) is 9.18 Å². The van der Waals surface area contributed by atoms with Crippen LogP contribution in [0.15, 0.2) is 35.9 Å². The molecular weight excluding hydrogens is 323 g/mol. The summed E-state index contributed by atoms with van der Waals surface area (Å²) < 4.78 is 20.7. The Hall–Kier alpha value is -2.63. The topological polar surface area (TPSA) is 74.3 Å². The Balaban J connectivity index is 3.67. The van der Waals surface area contributed by atoms with Gasteiger partial charge in [-0.05, 0) is 39.3 Å². The second-order valence-electron chi connectivity index (χ2n) is 5.49. The highest BCUT2D eigenvalue weighted by Gasteiger charge is 2.17. The number of allylic oxidation sites excluding steroid dienone is 2. The number of carbonyl (C=O) groups excluding carboxylic acids is 1. The van der Waals surface area contributed by atoms with Gasteiger partial charge < -0.3 is 15.0 Å². The van der Waals surface area contributed by atoms with Gasteiger partial charge in [0.25, 0.3) is 0 Å². The fourth-order valence-corrected chi connectivity index (χ4v) is 2.58. The van der Waals surface area contributed by atoms with Crippen LogP contribution in [0.25, 0.3) is 11.9 Å². The smallest absolute Gasteiger partial charge is 0.343 e. The van der Waals surface area contributed by atoms with Crippen molar-refractivity contribution in [2.75, 3.05) is 6.61 Å². The first-order valence-corrected chi connectivity index (χ1v) is 8.13. The zero-order valence-corrected chi connectivity index (χ0v) is 14.9. The van der Waals surface area contributed by atoms with Crippen LogP contribution in [0, 0.1) is 5.92 Å². The van der Waals surface area contributed by atoms with Gasteiger partial charge in [-0.15, -0.1) is 6.58 Å². The van der Waals surface area contributed by atoms with E-state index in [4.69, 9.17) is 10.5 Å². The molecule has 1 aromatic rings. The Morgan fingerprint density at radius 2 is 2.20 bits per heavy atom. The van der Waals surface area contributed by atoms with Gasteiger partial charge in [-0.2, -0.15) is 0 Å². The van der Waals surface area contributed by atoms with E-state index in [0.717, 1.165) is 0 Å². The van der Waals surface area contributed by atoms with Crippen molar-refractivity contribution in [2.24, 2.45) is 11.7 Å². The maximum atomic E-state index is 14.1. The molecule has 1 atom stereocenters. The third kappa shape index (κ3) is 4.92. The first-order valence-electron chi connectivity index (χ1n) is 8.13. The van der Waals surface area contributed by atoms with Crippen LogP contribution in [0.4, 0.5) is 4.39 Å². The predicted molar refractivity (Wildman–Crippen MR) is 97.9 cm³/mol. The molecular formula is C19H25FN2O3. The van der Waals surface area contributed by atoms with Crippen LogP contribution in [0.3, 0.4) is 0 Å². The largest absolute Gasteiger partial charge is 0.462 e. The highest BCUT2D eigenvalue weighted by Crippen LogP contribution is 2.08. The quantitative estimate of drug-likeness (QED) is 0.600. The first kappa shape index (κ1) is 20.4. The molecule has 0 radical (unpaired) electrons. The van der Waals surface area contributed by atoms with Gasteiger partial charge in [-0.1, -0.05) is 18.2 Å². The summed E-state index contributed by atoms with van der Waals surface area (Å²) in [5.74, 6) is -1.40. The van der Waals surface area contributed by atoms with E-state index in [1.54, 1.807) is 36.6 Å². The zero-order chi connectivity index (χ0) is 19.0. The highest BCUT2D eigenvalue weighted by molar-refractivity contribution is 5.89. The molecule has 0 aliphatic rings. The Morgan fingerprint density at radius 3 is 2.68 bits per heavy atom. The summed E-state index contributed by atoms with van der Waals surface area (Å²) in [7, 11) is 0. The maximum absolute atomic E-state index is 14.1. The highest BCUT2D eigenvalue weighted by atomic mass is 19.1. The van der Waals surface area contributed by atoms with Gasteiger partial charge in [0.2, 0.25) is 5.43 Å². The van der Waals surface area contributed by atoms with E-state index in [-0.39, 0.29) is 23.3 Å². The molecule has 1 aromatic heterocycles. The number of hydrogen-bond acceptors (Lipinski definition) is 4. The third-order valence-corrected chi connectivity index (χ3v) is 3.77. The van der Waals surface area contributed by atoms with Gasteiger partial charge in [0, 0.05) is 12.7 Å². The minimum absolute atomic E-state index is 0.00353. The lowest BCUT2D eigenvalue weighted by Gasteiger charge is -2.16. The summed E-state index contributed by atoms with van der Waals surface area (Å²) in [4.78, 5) is 24.6. The van der Waals surface area contributed by atoms with Crippen LogP contribution in [-0.4, -0.2) is 17.1 Å². The second-order valence-corrected chi connectivity index (χ2v) is 5.49. The van der Waals surface area contributed by atoms with Gasteiger partial charge in [0.1, 0.15) is 11.4 Å². The maximum Gasteiger partial charge on any atom is 0.343 e. The van der Waals surface area contributed by atoms with Crippen molar-refractivity contribution in [3.63, 3.8) is 0 Å². The normalized spacial score (nSPS) is 14.5. The lowest BCUT2D eigenvalue weighted by atomic mass is 10.1. The van der Waals surface area contributed by atoms with Crippen LogP contribution >= 0.6 is 0 Å².